The normalized spacial score (nSPS) is 47.8. The van der Waals surface area contributed by atoms with Crippen LogP contribution in [0.3, 0.4) is 0 Å². The second kappa shape index (κ2) is 8.22. The Morgan fingerprint density at radius 2 is 1.67 bits per heavy atom. The van der Waals surface area contributed by atoms with Gasteiger partial charge < -0.3 is 10.2 Å². The zero-order valence-electron chi connectivity index (χ0n) is 20.5. The minimum atomic E-state index is -0.303. The molecule has 0 aromatic carbocycles. The molecule has 0 aromatic rings. The summed E-state index contributed by atoms with van der Waals surface area (Å²) in [7, 11) is 0. The molecule has 172 valence electrons. The smallest absolute Gasteiger partial charge is 0.0757 e. The molecule has 0 saturated heterocycles. The first-order chi connectivity index (χ1) is 14.1. The summed E-state index contributed by atoms with van der Waals surface area (Å²) in [6, 6.07) is 0. The number of hydrogen-bond donors (Lipinski definition) is 2. The molecule has 2 heteroatoms. The number of rotatable bonds is 5. The average molecular weight is 417 g/mol. The van der Waals surface area contributed by atoms with Gasteiger partial charge in [-0.25, -0.2) is 0 Å². The predicted molar refractivity (Wildman–Crippen MR) is 125 cm³/mol. The molecule has 0 bridgehead atoms. The first-order valence-electron chi connectivity index (χ1n) is 13.1. The van der Waals surface area contributed by atoms with Crippen molar-refractivity contribution in [1.82, 2.24) is 0 Å². The third-order valence-electron chi connectivity index (χ3n) is 11.1. The fraction of sp³-hybridized carbons (Fsp3) is 0.929. The van der Waals surface area contributed by atoms with E-state index in [0.29, 0.717) is 23.2 Å². The van der Waals surface area contributed by atoms with E-state index in [-0.39, 0.29) is 17.6 Å². The van der Waals surface area contributed by atoms with Crippen molar-refractivity contribution in [2.75, 3.05) is 0 Å². The topological polar surface area (TPSA) is 40.5 Å². The maximum absolute atomic E-state index is 11.3. The van der Waals surface area contributed by atoms with Gasteiger partial charge in [0, 0.05) is 0 Å². The Hall–Kier alpha value is -0.340. The highest BCUT2D eigenvalue weighted by atomic mass is 16.3. The van der Waals surface area contributed by atoms with Crippen LogP contribution in [0.25, 0.3) is 0 Å². The van der Waals surface area contributed by atoms with Crippen LogP contribution >= 0.6 is 0 Å². The molecule has 4 aliphatic carbocycles. The highest BCUT2D eigenvalue weighted by Crippen LogP contribution is 2.67. The van der Waals surface area contributed by atoms with Gasteiger partial charge in [0.15, 0.2) is 0 Å². The lowest BCUT2D eigenvalue weighted by atomic mass is 9.46. The SMILES string of the molecule is CC(C)[C@@H](C)CC[C@@H](C)[C@H]1CC[C@@H]2[C@H]3[C@@H](O)C=C4C[C@@H](O)CC[C@]4(C)[C@H]3CC[C@@]21C. The van der Waals surface area contributed by atoms with Crippen LogP contribution in [0.2, 0.25) is 0 Å². The number of fused-ring (bicyclic) bond motifs is 5. The maximum atomic E-state index is 11.3. The van der Waals surface area contributed by atoms with E-state index in [9.17, 15) is 10.2 Å². The highest BCUT2D eigenvalue weighted by molar-refractivity contribution is 5.27. The molecule has 0 radical (unpaired) electrons. The molecule has 0 unspecified atom stereocenters. The van der Waals surface area contributed by atoms with Crippen molar-refractivity contribution in [3.05, 3.63) is 11.6 Å². The summed E-state index contributed by atoms with van der Waals surface area (Å²) < 4.78 is 0. The molecular formula is C28H48O2. The summed E-state index contributed by atoms with van der Waals surface area (Å²) in [5.74, 6) is 4.92. The zero-order valence-corrected chi connectivity index (χ0v) is 20.5. The van der Waals surface area contributed by atoms with Crippen LogP contribution < -0.4 is 0 Å². The van der Waals surface area contributed by atoms with E-state index < -0.39 is 0 Å². The van der Waals surface area contributed by atoms with Gasteiger partial charge in [0.1, 0.15) is 0 Å². The second-order valence-corrected chi connectivity index (χ2v) is 12.8. The van der Waals surface area contributed by atoms with Crippen molar-refractivity contribution < 1.29 is 10.2 Å². The summed E-state index contributed by atoms with van der Waals surface area (Å²) in [6.45, 7) is 14.7. The van der Waals surface area contributed by atoms with E-state index >= 15 is 0 Å². The van der Waals surface area contributed by atoms with E-state index in [1.54, 1.807) is 0 Å². The van der Waals surface area contributed by atoms with Gasteiger partial charge in [0.05, 0.1) is 12.2 Å². The average Bonchev–Trinajstić information content (AvgIpc) is 3.04. The Labute approximate surface area is 185 Å². The maximum Gasteiger partial charge on any atom is 0.0757 e. The molecule has 0 spiro atoms. The van der Waals surface area contributed by atoms with Crippen LogP contribution in [0.4, 0.5) is 0 Å². The van der Waals surface area contributed by atoms with Crippen LogP contribution in [0.15, 0.2) is 11.6 Å². The van der Waals surface area contributed by atoms with E-state index in [1.165, 1.54) is 44.1 Å². The predicted octanol–water partition coefficient (Wildman–Crippen LogP) is 6.61. The molecule has 0 aliphatic heterocycles. The third-order valence-corrected chi connectivity index (χ3v) is 11.1. The first-order valence-corrected chi connectivity index (χ1v) is 13.1. The number of aliphatic hydroxyl groups is 2. The van der Waals surface area contributed by atoms with Gasteiger partial charge in [-0.1, -0.05) is 66.0 Å². The quantitative estimate of drug-likeness (QED) is 0.495. The van der Waals surface area contributed by atoms with Crippen LogP contribution in [0.5, 0.6) is 0 Å². The fourth-order valence-corrected chi connectivity index (χ4v) is 8.67. The molecule has 0 aromatic heterocycles. The van der Waals surface area contributed by atoms with Crippen LogP contribution in [0.1, 0.15) is 99.3 Å². The monoisotopic (exact) mass is 416 g/mol. The Kier molecular flexibility index (Phi) is 6.26. The molecule has 30 heavy (non-hydrogen) atoms. The minimum Gasteiger partial charge on any atom is -0.393 e. The Balaban J connectivity index is 1.53. The molecular weight excluding hydrogens is 368 g/mol. The van der Waals surface area contributed by atoms with Gasteiger partial charge in [-0.3, -0.25) is 0 Å². The lowest BCUT2D eigenvalue weighted by Gasteiger charge is -2.59. The van der Waals surface area contributed by atoms with E-state index in [0.717, 1.165) is 42.9 Å². The Morgan fingerprint density at radius 1 is 0.933 bits per heavy atom. The third kappa shape index (κ3) is 3.62. The van der Waals surface area contributed by atoms with Crippen molar-refractivity contribution in [3.8, 4) is 0 Å². The van der Waals surface area contributed by atoms with Crippen LogP contribution in [-0.4, -0.2) is 22.4 Å². The molecule has 2 nitrogen and oxygen atoms in total. The van der Waals surface area contributed by atoms with Crippen molar-refractivity contribution in [3.63, 3.8) is 0 Å². The summed E-state index contributed by atoms with van der Waals surface area (Å²) in [4.78, 5) is 0. The largest absolute Gasteiger partial charge is 0.393 e. The Morgan fingerprint density at radius 3 is 2.37 bits per heavy atom. The summed E-state index contributed by atoms with van der Waals surface area (Å²) in [5, 5.41) is 21.5. The van der Waals surface area contributed by atoms with Crippen molar-refractivity contribution in [2.24, 2.45) is 52.3 Å². The second-order valence-electron chi connectivity index (χ2n) is 12.8. The number of aliphatic hydroxyl groups excluding tert-OH is 2. The summed E-state index contributed by atoms with van der Waals surface area (Å²) in [6.07, 6.45) is 12.5. The first kappa shape index (κ1) is 22.8. The van der Waals surface area contributed by atoms with Gasteiger partial charge in [0.2, 0.25) is 0 Å². The fourth-order valence-electron chi connectivity index (χ4n) is 8.67. The number of hydrogen-bond acceptors (Lipinski definition) is 2. The summed E-state index contributed by atoms with van der Waals surface area (Å²) in [5.41, 5.74) is 1.98. The van der Waals surface area contributed by atoms with Gasteiger partial charge in [-0.2, -0.15) is 0 Å². The zero-order chi connectivity index (χ0) is 21.8. The molecule has 3 fully saturated rings. The summed E-state index contributed by atoms with van der Waals surface area (Å²) >= 11 is 0. The van der Waals surface area contributed by atoms with Crippen LogP contribution in [-0.2, 0) is 0 Å². The molecule has 3 saturated carbocycles. The lowest BCUT2D eigenvalue weighted by molar-refractivity contribution is -0.0971. The van der Waals surface area contributed by atoms with Crippen LogP contribution in [0, 0.1) is 52.3 Å². The van der Waals surface area contributed by atoms with E-state index in [1.807, 2.05) is 0 Å². The Bertz CT molecular complexity index is 653. The van der Waals surface area contributed by atoms with E-state index in [4.69, 9.17) is 0 Å². The molecule has 2 N–H and O–H groups in total. The molecule has 0 amide bonds. The minimum absolute atomic E-state index is 0.202. The van der Waals surface area contributed by atoms with Gasteiger partial charge in [-0.15, -0.1) is 0 Å². The highest BCUT2D eigenvalue weighted by Gasteiger charge is 2.61. The van der Waals surface area contributed by atoms with Gasteiger partial charge in [0.25, 0.3) is 0 Å². The van der Waals surface area contributed by atoms with E-state index in [2.05, 4.69) is 47.6 Å². The molecule has 10 atom stereocenters. The van der Waals surface area contributed by atoms with Crippen molar-refractivity contribution in [2.45, 2.75) is 112 Å². The molecule has 0 heterocycles. The standard InChI is InChI=1S/C28H48O2/c1-17(2)18(3)7-8-19(4)22-9-10-23-26-24(12-14-28(22,23)6)27(5)13-11-21(29)15-20(27)16-25(26)30/h16-19,21-26,29-30H,7-15H2,1-6H3/t18-,19+,21-,22+,23+,24-,25-,26+,27-,28+/m0/s1. The van der Waals surface area contributed by atoms with Crippen molar-refractivity contribution in [1.29, 1.82) is 0 Å². The molecule has 4 rings (SSSR count). The van der Waals surface area contributed by atoms with Gasteiger partial charge >= 0.3 is 0 Å². The molecule has 4 aliphatic rings. The van der Waals surface area contributed by atoms with Gasteiger partial charge in [-0.05, 0) is 97.2 Å². The lowest BCUT2D eigenvalue weighted by Crippen LogP contribution is -2.54. The van der Waals surface area contributed by atoms with Crippen molar-refractivity contribution >= 4 is 0 Å².